The van der Waals surface area contributed by atoms with E-state index in [0.29, 0.717) is 12.8 Å². The number of hydrogen-bond acceptors (Lipinski definition) is 18. The van der Waals surface area contributed by atoms with E-state index in [1.165, 1.54) is 116 Å². The molecule has 17 unspecified atom stereocenters. The predicted molar refractivity (Wildman–Crippen MR) is 337 cm³/mol. The van der Waals surface area contributed by atoms with Gasteiger partial charge in [-0.05, 0) is 57.8 Å². The molecule has 506 valence electrons. The number of aliphatic hydroxyl groups is 11. The number of ether oxygens (including phenoxy) is 6. The van der Waals surface area contributed by atoms with E-state index >= 15 is 0 Å². The molecule has 0 bridgehead atoms. The highest BCUT2D eigenvalue weighted by Gasteiger charge is 2.53. The lowest BCUT2D eigenvalue weighted by Gasteiger charge is -2.48. The first-order valence-corrected chi connectivity index (χ1v) is 34.0. The maximum absolute atomic E-state index is 13.3. The summed E-state index contributed by atoms with van der Waals surface area (Å²) < 4.78 is 34.2. The van der Waals surface area contributed by atoms with Gasteiger partial charge in [0.25, 0.3) is 0 Å². The molecule has 0 aromatic heterocycles. The highest BCUT2D eigenvalue weighted by molar-refractivity contribution is 5.76. The number of nitrogens with one attached hydrogen (secondary N) is 1. The second-order valence-corrected chi connectivity index (χ2v) is 24.3. The molecule has 19 nitrogen and oxygen atoms in total. The average molecular weight is 1240 g/mol. The topological polar surface area (TPSA) is 307 Å². The third-order valence-electron chi connectivity index (χ3n) is 16.9. The summed E-state index contributed by atoms with van der Waals surface area (Å²) in [5, 5.41) is 120. The molecule has 3 fully saturated rings. The van der Waals surface area contributed by atoms with Crippen molar-refractivity contribution in [3.8, 4) is 0 Å². The Kier molecular flexibility index (Phi) is 45.3. The monoisotopic (exact) mass is 1240 g/mol. The molecule has 87 heavy (non-hydrogen) atoms. The molecule has 3 saturated heterocycles. The van der Waals surface area contributed by atoms with E-state index in [0.717, 1.165) is 83.5 Å². The Morgan fingerprint density at radius 3 is 1.24 bits per heavy atom. The third kappa shape index (κ3) is 32.6. The van der Waals surface area contributed by atoms with Crippen LogP contribution in [0.1, 0.15) is 232 Å². The summed E-state index contributed by atoms with van der Waals surface area (Å²) in [5.74, 6) is -0.249. The summed E-state index contributed by atoms with van der Waals surface area (Å²) in [6.07, 6.45) is 34.2. The van der Waals surface area contributed by atoms with Gasteiger partial charge in [-0.2, -0.15) is 0 Å². The van der Waals surface area contributed by atoms with Gasteiger partial charge >= 0.3 is 0 Å². The lowest BCUT2D eigenvalue weighted by molar-refractivity contribution is -0.379. The Hall–Kier alpha value is -2.51. The fourth-order valence-electron chi connectivity index (χ4n) is 11.3. The van der Waals surface area contributed by atoms with Crippen molar-refractivity contribution >= 4 is 5.91 Å². The van der Waals surface area contributed by atoms with Gasteiger partial charge in [-0.25, -0.2) is 0 Å². The Morgan fingerprint density at radius 2 is 0.793 bits per heavy atom. The summed E-state index contributed by atoms with van der Waals surface area (Å²) in [4.78, 5) is 13.3. The first-order valence-electron chi connectivity index (χ1n) is 34.0. The number of rotatable bonds is 51. The van der Waals surface area contributed by atoms with Crippen LogP contribution in [0.2, 0.25) is 0 Å². The second kappa shape index (κ2) is 50.1. The number of aliphatic hydroxyl groups excluding tert-OH is 11. The van der Waals surface area contributed by atoms with Gasteiger partial charge in [-0.1, -0.05) is 229 Å². The van der Waals surface area contributed by atoms with Gasteiger partial charge in [0.05, 0.1) is 38.6 Å². The first-order chi connectivity index (χ1) is 42.3. The fraction of sp³-hybridized carbons (Fsp3) is 0.838. The van der Waals surface area contributed by atoms with E-state index in [1.807, 2.05) is 0 Å². The SMILES string of the molecule is CC/C=C\C/C=C\C/C=C\C/C=C\C/C=C\CCCCCCCCCCCCCCCCCCCCCCCC(=O)NC(COC1OC(CO)C(OC2OC(CO)C(OC3OC(CO)C(O)C(O)C3O)C(O)C2O)C(O)C1O)C(O)CCCCCCC. The van der Waals surface area contributed by atoms with Crippen LogP contribution in [0.25, 0.3) is 0 Å². The van der Waals surface area contributed by atoms with Gasteiger partial charge in [0.2, 0.25) is 5.91 Å². The zero-order chi connectivity index (χ0) is 63.3. The minimum atomic E-state index is -1.97. The van der Waals surface area contributed by atoms with E-state index in [1.54, 1.807) is 0 Å². The maximum atomic E-state index is 13.3. The van der Waals surface area contributed by atoms with Crippen LogP contribution >= 0.6 is 0 Å². The number of allylic oxidation sites excluding steroid dienone is 10. The van der Waals surface area contributed by atoms with Gasteiger partial charge in [-0.3, -0.25) is 4.79 Å². The number of amides is 1. The van der Waals surface area contributed by atoms with E-state index in [9.17, 15) is 61.0 Å². The lowest BCUT2D eigenvalue weighted by Crippen LogP contribution is -2.66. The van der Waals surface area contributed by atoms with Crippen LogP contribution in [0.5, 0.6) is 0 Å². The van der Waals surface area contributed by atoms with Gasteiger partial charge in [0.15, 0.2) is 18.9 Å². The van der Waals surface area contributed by atoms with Crippen molar-refractivity contribution in [2.75, 3.05) is 26.4 Å². The molecule has 3 aliphatic rings. The molecule has 0 spiro atoms. The molecule has 19 heteroatoms. The molecular formula is C68H121NO18. The van der Waals surface area contributed by atoms with E-state index < -0.39 is 124 Å². The molecule has 0 saturated carbocycles. The van der Waals surface area contributed by atoms with Gasteiger partial charge in [-0.15, -0.1) is 0 Å². The Morgan fingerprint density at radius 1 is 0.425 bits per heavy atom. The summed E-state index contributed by atoms with van der Waals surface area (Å²) in [5.41, 5.74) is 0. The molecule has 0 aliphatic carbocycles. The average Bonchev–Trinajstić information content (AvgIpc) is 2.33. The van der Waals surface area contributed by atoms with Gasteiger partial charge in [0.1, 0.15) is 73.2 Å². The molecule has 0 aromatic carbocycles. The molecule has 0 radical (unpaired) electrons. The minimum Gasteiger partial charge on any atom is -0.394 e. The standard InChI is InChI=1S/C68H121NO18/c1-3-5-7-9-10-11-12-13-14-15-16-17-18-19-20-21-22-23-24-25-26-27-28-29-30-31-32-33-34-35-36-37-38-39-40-42-44-46-56(74)69-51(52(73)45-43-41-8-6-4-2)50-82-66-62(80)59(77)64(54(48-71)84-66)87-68-63(81)60(78)65(55(49-72)85-68)86-67-61(79)58(76)57(75)53(47-70)83-67/h5,7,10-11,13-14,16-17,19-20,51-55,57-68,70-73,75-81H,3-4,6,8-9,12,15,18,21-50H2,1-2H3,(H,69,74)/b7-5-,11-10-,14-13-,17-16-,20-19-. The van der Waals surface area contributed by atoms with E-state index in [2.05, 4.69) is 79.9 Å². The van der Waals surface area contributed by atoms with Crippen molar-refractivity contribution in [1.82, 2.24) is 5.32 Å². The Balaban J connectivity index is 1.24. The molecule has 12 N–H and O–H groups in total. The molecule has 3 rings (SSSR count). The molecule has 3 heterocycles. The first kappa shape index (κ1) is 78.7. The van der Waals surface area contributed by atoms with Crippen LogP contribution in [-0.2, 0) is 33.2 Å². The minimum absolute atomic E-state index is 0.249. The van der Waals surface area contributed by atoms with Crippen LogP contribution < -0.4 is 5.32 Å². The summed E-state index contributed by atoms with van der Waals surface area (Å²) in [6.45, 7) is 1.57. The van der Waals surface area contributed by atoms with Crippen molar-refractivity contribution < 1.29 is 89.4 Å². The van der Waals surface area contributed by atoms with Crippen molar-refractivity contribution in [1.29, 1.82) is 0 Å². The van der Waals surface area contributed by atoms with Crippen LogP contribution in [0.3, 0.4) is 0 Å². The summed E-state index contributed by atoms with van der Waals surface area (Å²) in [6, 6.07) is -0.883. The van der Waals surface area contributed by atoms with Crippen LogP contribution in [0, 0.1) is 0 Å². The van der Waals surface area contributed by atoms with Crippen LogP contribution in [-0.4, -0.2) is 193 Å². The fourth-order valence-corrected chi connectivity index (χ4v) is 11.3. The number of carbonyl (C=O) groups is 1. The van der Waals surface area contributed by atoms with Crippen molar-refractivity contribution in [2.24, 2.45) is 0 Å². The highest BCUT2D eigenvalue weighted by atomic mass is 16.8. The zero-order valence-electron chi connectivity index (χ0n) is 53.2. The number of hydrogen-bond donors (Lipinski definition) is 12. The molecule has 0 aromatic rings. The summed E-state index contributed by atoms with van der Waals surface area (Å²) >= 11 is 0. The molecule has 1 amide bonds. The van der Waals surface area contributed by atoms with Gasteiger partial charge in [0, 0.05) is 6.42 Å². The van der Waals surface area contributed by atoms with Crippen LogP contribution in [0.15, 0.2) is 60.8 Å². The quantitative estimate of drug-likeness (QED) is 0.0201. The number of carbonyl (C=O) groups excluding carboxylic acids is 1. The van der Waals surface area contributed by atoms with Gasteiger partial charge < -0.3 is 89.9 Å². The third-order valence-corrected chi connectivity index (χ3v) is 16.9. The van der Waals surface area contributed by atoms with Crippen molar-refractivity contribution in [3.63, 3.8) is 0 Å². The summed E-state index contributed by atoms with van der Waals surface area (Å²) in [7, 11) is 0. The van der Waals surface area contributed by atoms with Crippen LogP contribution in [0.4, 0.5) is 0 Å². The zero-order valence-corrected chi connectivity index (χ0v) is 53.2. The normalized spacial score (nSPS) is 29.0. The highest BCUT2D eigenvalue weighted by Crippen LogP contribution is 2.33. The van der Waals surface area contributed by atoms with Crippen molar-refractivity contribution in [3.05, 3.63) is 60.8 Å². The number of unbranched alkanes of at least 4 members (excludes halogenated alkanes) is 25. The predicted octanol–water partition coefficient (Wildman–Crippen LogP) is 8.38. The largest absolute Gasteiger partial charge is 0.394 e. The van der Waals surface area contributed by atoms with E-state index in [4.69, 9.17) is 28.4 Å². The Labute approximate surface area is 522 Å². The molecular weight excluding hydrogens is 1120 g/mol. The van der Waals surface area contributed by atoms with Crippen molar-refractivity contribution in [2.45, 2.75) is 336 Å². The van der Waals surface area contributed by atoms with E-state index in [-0.39, 0.29) is 18.9 Å². The Bertz CT molecular complexity index is 1820. The second-order valence-electron chi connectivity index (χ2n) is 24.3. The molecule has 3 aliphatic heterocycles. The smallest absolute Gasteiger partial charge is 0.220 e. The maximum Gasteiger partial charge on any atom is 0.220 e. The lowest BCUT2D eigenvalue weighted by atomic mass is 9.96. The molecule has 17 atom stereocenters.